The lowest BCUT2D eigenvalue weighted by Crippen LogP contribution is -2.23. The van der Waals surface area contributed by atoms with Crippen LogP contribution in [0, 0.1) is 6.92 Å². The first-order valence-corrected chi connectivity index (χ1v) is 7.97. The van der Waals surface area contributed by atoms with Crippen molar-refractivity contribution < 1.29 is 0 Å². The van der Waals surface area contributed by atoms with Crippen LogP contribution >= 0.6 is 0 Å². The molecule has 0 atom stereocenters. The minimum Gasteiger partial charge on any atom is -0.282 e. The minimum atomic E-state index is -0.257. The van der Waals surface area contributed by atoms with Crippen LogP contribution in [0.15, 0.2) is 42.5 Å². The molecule has 0 spiro atoms. The second kappa shape index (κ2) is 5.95. The van der Waals surface area contributed by atoms with Gasteiger partial charge in [-0.15, -0.1) is 0 Å². The van der Waals surface area contributed by atoms with Crippen LogP contribution in [0.25, 0.3) is 11.4 Å². The molecule has 0 saturated carbocycles. The fraction of sp³-hybridized carbons (Fsp3) is 0.316. The summed E-state index contributed by atoms with van der Waals surface area (Å²) in [4.78, 5) is 9.60. The van der Waals surface area contributed by atoms with Gasteiger partial charge in [0.15, 0.2) is 0 Å². The average molecular weight is 306 g/mol. The van der Waals surface area contributed by atoms with Crippen LogP contribution in [-0.4, -0.2) is 20.2 Å². The van der Waals surface area contributed by atoms with E-state index < -0.39 is 0 Å². The summed E-state index contributed by atoms with van der Waals surface area (Å²) < 4.78 is 0. The van der Waals surface area contributed by atoms with E-state index in [9.17, 15) is 0 Å². The normalized spacial score (nSPS) is 11.7. The summed E-state index contributed by atoms with van der Waals surface area (Å²) in [5, 5.41) is 7.33. The molecule has 118 valence electrons. The van der Waals surface area contributed by atoms with Crippen LogP contribution in [0.4, 0.5) is 0 Å². The Bertz CT molecular complexity index is 803. The zero-order chi connectivity index (χ0) is 16.4. The fourth-order valence-electron chi connectivity index (χ4n) is 2.62. The zero-order valence-electron chi connectivity index (χ0n) is 14.1. The van der Waals surface area contributed by atoms with E-state index in [0.717, 1.165) is 35.0 Å². The molecule has 0 unspecified atom stereocenters. The largest absolute Gasteiger partial charge is 0.282 e. The molecule has 0 fully saturated rings. The third-order valence-electron chi connectivity index (χ3n) is 4.16. The molecule has 0 bridgehead atoms. The predicted molar refractivity (Wildman–Crippen MR) is 92.3 cm³/mol. The predicted octanol–water partition coefficient (Wildman–Crippen LogP) is 4.06. The van der Waals surface area contributed by atoms with E-state index in [2.05, 4.69) is 55.2 Å². The van der Waals surface area contributed by atoms with Crippen LogP contribution < -0.4 is 0 Å². The summed E-state index contributed by atoms with van der Waals surface area (Å²) >= 11 is 0. The number of aryl methyl sites for hydroxylation is 2. The van der Waals surface area contributed by atoms with Gasteiger partial charge in [-0.3, -0.25) is 5.10 Å². The van der Waals surface area contributed by atoms with Gasteiger partial charge in [0.05, 0.1) is 5.69 Å². The number of aromatic amines is 1. The number of benzene rings is 1. The standard InChI is InChI=1S/C19H22N4/c1-5-15-12-16(17-11-13(2)22-23-17)21-18(20-15)19(3,4)14-9-7-6-8-10-14/h6-12H,5H2,1-4H3,(H,22,23). The molecular formula is C19H22N4. The highest BCUT2D eigenvalue weighted by Gasteiger charge is 2.27. The van der Waals surface area contributed by atoms with Crippen molar-refractivity contribution in [2.24, 2.45) is 0 Å². The Morgan fingerprint density at radius 1 is 1.00 bits per heavy atom. The van der Waals surface area contributed by atoms with Crippen LogP contribution in [0.1, 0.15) is 43.5 Å². The molecule has 0 radical (unpaired) electrons. The van der Waals surface area contributed by atoms with Crippen molar-refractivity contribution in [3.8, 4) is 11.4 Å². The van der Waals surface area contributed by atoms with Crippen molar-refractivity contribution in [2.45, 2.75) is 39.5 Å². The van der Waals surface area contributed by atoms with Gasteiger partial charge in [0.2, 0.25) is 0 Å². The van der Waals surface area contributed by atoms with Crippen molar-refractivity contribution in [3.05, 3.63) is 65.2 Å². The molecule has 1 aromatic carbocycles. The van der Waals surface area contributed by atoms with E-state index in [1.54, 1.807) is 0 Å². The summed E-state index contributed by atoms with van der Waals surface area (Å²) in [5.74, 6) is 0.832. The number of hydrogen-bond donors (Lipinski definition) is 1. The molecule has 0 aliphatic heterocycles. The van der Waals surface area contributed by atoms with Gasteiger partial charge in [0, 0.05) is 16.8 Å². The molecule has 0 aliphatic carbocycles. The number of aromatic nitrogens is 4. The van der Waals surface area contributed by atoms with Crippen molar-refractivity contribution in [1.29, 1.82) is 0 Å². The molecule has 2 aromatic heterocycles. The van der Waals surface area contributed by atoms with Gasteiger partial charge in [-0.25, -0.2) is 9.97 Å². The lowest BCUT2D eigenvalue weighted by Gasteiger charge is -2.24. The number of rotatable bonds is 4. The molecule has 4 nitrogen and oxygen atoms in total. The number of hydrogen-bond acceptors (Lipinski definition) is 3. The molecule has 4 heteroatoms. The highest BCUT2D eigenvalue weighted by Crippen LogP contribution is 2.30. The number of H-pyrrole nitrogens is 1. The maximum Gasteiger partial charge on any atom is 0.139 e. The van der Waals surface area contributed by atoms with E-state index in [4.69, 9.17) is 9.97 Å². The van der Waals surface area contributed by atoms with Crippen molar-refractivity contribution in [1.82, 2.24) is 20.2 Å². The quantitative estimate of drug-likeness (QED) is 0.790. The zero-order valence-corrected chi connectivity index (χ0v) is 14.1. The van der Waals surface area contributed by atoms with E-state index >= 15 is 0 Å². The Balaban J connectivity index is 2.12. The first kappa shape index (κ1) is 15.4. The van der Waals surface area contributed by atoms with E-state index in [-0.39, 0.29) is 5.41 Å². The van der Waals surface area contributed by atoms with Gasteiger partial charge in [-0.1, -0.05) is 37.3 Å². The Morgan fingerprint density at radius 3 is 2.35 bits per heavy atom. The average Bonchev–Trinajstić information content (AvgIpc) is 3.01. The lowest BCUT2D eigenvalue weighted by molar-refractivity contribution is 0.586. The van der Waals surface area contributed by atoms with E-state index in [0.29, 0.717) is 0 Å². The van der Waals surface area contributed by atoms with Gasteiger partial charge < -0.3 is 0 Å². The highest BCUT2D eigenvalue weighted by atomic mass is 15.1. The molecule has 0 saturated heterocycles. The monoisotopic (exact) mass is 306 g/mol. The summed E-state index contributed by atoms with van der Waals surface area (Å²) in [6.45, 7) is 8.43. The number of nitrogens with one attached hydrogen (secondary N) is 1. The van der Waals surface area contributed by atoms with Crippen LogP contribution in [-0.2, 0) is 11.8 Å². The van der Waals surface area contributed by atoms with Crippen LogP contribution in [0.5, 0.6) is 0 Å². The second-order valence-electron chi connectivity index (χ2n) is 6.35. The van der Waals surface area contributed by atoms with Gasteiger partial charge >= 0.3 is 0 Å². The lowest BCUT2D eigenvalue weighted by atomic mass is 9.83. The highest BCUT2D eigenvalue weighted by molar-refractivity contribution is 5.55. The minimum absolute atomic E-state index is 0.257. The van der Waals surface area contributed by atoms with Gasteiger partial charge in [-0.2, -0.15) is 5.10 Å². The Morgan fingerprint density at radius 2 is 1.74 bits per heavy atom. The molecule has 2 heterocycles. The first-order valence-electron chi connectivity index (χ1n) is 7.97. The molecular weight excluding hydrogens is 284 g/mol. The first-order chi connectivity index (χ1) is 11.0. The third-order valence-corrected chi connectivity index (χ3v) is 4.16. The summed E-state index contributed by atoms with van der Waals surface area (Å²) in [5.41, 5.74) is 4.75. The Kier molecular flexibility index (Phi) is 3.99. The maximum atomic E-state index is 4.82. The topological polar surface area (TPSA) is 54.5 Å². The van der Waals surface area contributed by atoms with Crippen LogP contribution in [0.2, 0.25) is 0 Å². The molecule has 0 aliphatic rings. The molecule has 1 N–H and O–H groups in total. The fourth-order valence-corrected chi connectivity index (χ4v) is 2.62. The van der Waals surface area contributed by atoms with Crippen LogP contribution in [0.3, 0.4) is 0 Å². The molecule has 3 aromatic rings. The van der Waals surface area contributed by atoms with Gasteiger partial charge in [-0.05, 0) is 44.9 Å². The van der Waals surface area contributed by atoms with Crippen molar-refractivity contribution >= 4 is 0 Å². The van der Waals surface area contributed by atoms with Gasteiger partial charge in [0.1, 0.15) is 11.5 Å². The van der Waals surface area contributed by atoms with Crippen molar-refractivity contribution in [3.63, 3.8) is 0 Å². The Labute approximate surface area is 137 Å². The summed E-state index contributed by atoms with van der Waals surface area (Å²) in [6, 6.07) is 14.4. The molecule has 23 heavy (non-hydrogen) atoms. The van der Waals surface area contributed by atoms with Crippen molar-refractivity contribution in [2.75, 3.05) is 0 Å². The number of nitrogens with zero attached hydrogens (tertiary/aromatic N) is 3. The smallest absolute Gasteiger partial charge is 0.139 e. The molecule has 3 rings (SSSR count). The summed E-state index contributed by atoms with van der Waals surface area (Å²) in [7, 11) is 0. The summed E-state index contributed by atoms with van der Waals surface area (Å²) in [6.07, 6.45) is 0.872. The maximum absolute atomic E-state index is 4.82. The van der Waals surface area contributed by atoms with Gasteiger partial charge in [0.25, 0.3) is 0 Å². The third kappa shape index (κ3) is 3.02. The second-order valence-corrected chi connectivity index (χ2v) is 6.35. The van der Waals surface area contributed by atoms with E-state index in [1.807, 2.05) is 25.1 Å². The SMILES string of the molecule is CCc1cc(-c2cc(C)[nH]n2)nc(C(C)(C)c2ccccc2)n1. The molecule has 0 amide bonds. The van der Waals surface area contributed by atoms with E-state index in [1.165, 1.54) is 5.56 Å². The Hall–Kier alpha value is -2.49.